The first-order chi connectivity index (χ1) is 14.3. The van der Waals surface area contributed by atoms with E-state index in [1.54, 1.807) is 44.2 Å². The van der Waals surface area contributed by atoms with Crippen LogP contribution in [-0.4, -0.2) is 30.6 Å². The Morgan fingerprint density at radius 2 is 1.50 bits per heavy atom. The van der Waals surface area contributed by atoms with Crippen LogP contribution in [0.3, 0.4) is 0 Å². The fourth-order valence-electron chi connectivity index (χ4n) is 2.85. The number of urea groups is 1. The number of nitrogens with one attached hydrogen (secondary N) is 3. The van der Waals surface area contributed by atoms with Crippen LogP contribution in [0.1, 0.15) is 39.2 Å². The predicted molar refractivity (Wildman–Crippen MR) is 117 cm³/mol. The summed E-state index contributed by atoms with van der Waals surface area (Å²) in [6, 6.07) is 15.0. The van der Waals surface area contributed by atoms with Gasteiger partial charge in [0, 0.05) is 11.4 Å². The zero-order valence-corrected chi connectivity index (χ0v) is 17.8. The van der Waals surface area contributed by atoms with Crippen LogP contribution in [-0.2, 0) is 14.3 Å². The molecule has 1 atom stereocenters. The Morgan fingerprint density at radius 3 is 2.13 bits per heavy atom. The van der Waals surface area contributed by atoms with Gasteiger partial charge in [0.05, 0.1) is 0 Å². The smallest absolute Gasteiger partial charge is 0.329 e. The Bertz CT molecular complexity index is 866. The zero-order chi connectivity index (χ0) is 22.1. The highest BCUT2D eigenvalue weighted by Crippen LogP contribution is 2.23. The number of amides is 3. The van der Waals surface area contributed by atoms with Crippen LogP contribution in [0, 0.1) is 5.92 Å². The molecule has 2 aromatic rings. The normalized spacial score (nSPS) is 11.7. The van der Waals surface area contributed by atoms with Gasteiger partial charge in [-0.05, 0) is 35.6 Å². The number of carbonyl (C=O) groups excluding carboxylic acids is 3. The van der Waals surface area contributed by atoms with E-state index in [9.17, 15) is 14.4 Å². The topological polar surface area (TPSA) is 96.5 Å². The lowest BCUT2D eigenvalue weighted by atomic mass is 10.0. The molecule has 0 aliphatic rings. The van der Waals surface area contributed by atoms with Gasteiger partial charge in [-0.25, -0.2) is 9.59 Å². The Kier molecular flexibility index (Phi) is 8.41. The van der Waals surface area contributed by atoms with E-state index in [4.69, 9.17) is 4.74 Å². The van der Waals surface area contributed by atoms with Crippen molar-refractivity contribution in [1.29, 1.82) is 0 Å². The molecule has 2 rings (SSSR count). The Hall–Kier alpha value is -3.35. The second-order valence-electron chi connectivity index (χ2n) is 7.58. The molecule has 0 aliphatic carbocycles. The average Bonchev–Trinajstić information content (AvgIpc) is 2.71. The number of hydrogen-bond donors (Lipinski definition) is 3. The molecule has 160 valence electrons. The minimum Gasteiger partial charge on any atom is -0.454 e. The molecule has 0 bridgehead atoms. The molecule has 7 nitrogen and oxygen atoms in total. The van der Waals surface area contributed by atoms with Gasteiger partial charge < -0.3 is 20.7 Å². The maximum atomic E-state index is 12.5. The first-order valence-corrected chi connectivity index (χ1v) is 9.96. The van der Waals surface area contributed by atoms with Crippen molar-refractivity contribution in [2.45, 2.75) is 39.7 Å². The zero-order valence-electron chi connectivity index (χ0n) is 17.8. The molecule has 0 unspecified atom stereocenters. The lowest BCUT2D eigenvalue weighted by molar-refractivity contribution is -0.150. The lowest BCUT2D eigenvalue weighted by Crippen LogP contribution is -2.47. The number of esters is 1. The molecule has 0 aromatic heterocycles. The van der Waals surface area contributed by atoms with Crippen LogP contribution in [0.4, 0.5) is 16.2 Å². The fraction of sp³-hybridized carbons (Fsp3) is 0.348. The molecule has 0 fully saturated rings. The van der Waals surface area contributed by atoms with Crippen LogP contribution < -0.4 is 16.0 Å². The van der Waals surface area contributed by atoms with Crippen molar-refractivity contribution in [2.24, 2.45) is 5.92 Å². The number of para-hydroxylation sites is 2. The van der Waals surface area contributed by atoms with Gasteiger partial charge in [-0.1, -0.05) is 64.1 Å². The number of hydrogen-bond acceptors (Lipinski definition) is 4. The molecule has 2 aromatic carbocycles. The van der Waals surface area contributed by atoms with Crippen molar-refractivity contribution in [3.63, 3.8) is 0 Å². The van der Waals surface area contributed by atoms with Crippen LogP contribution in [0.2, 0.25) is 0 Å². The molecule has 0 saturated heterocycles. The third-order valence-corrected chi connectivity index (χ3v) is 4.44. The van der Waals surface area contributed by atoms with E-state index < -0.39 is 30.6 Å². The first kappa shape index (κ1) is 22.9. The van der Waals surface area contributed by atoms with Crippen molar-refractivity contribution >= 4 is 29.3 Å². The summed E-state index contributed by atoms with van der Waals surface area (Å²) in [4.78, 5) is 36.9. The van der Waals surface area contributed by atoms with Gasteiger partial charge in [-0.2, -0.15) is 0 Å². The molecule has 0 aliphatic heterocycles. The van der Waals surface area contributed by atoms with E-state index in [1.807, 2.05) is 38.1 Å². The summed E-state index contributed by atoms with van der Waals surface area (Å²) in [6.45, 7) is 7.20. The van der Waals surface area contributed by atoms with Crippen molar-refractivity contribution in [3.8, 4) is 0 Å². The summed E-state index contributed by atoms with van der Waals surface area (Å²) in [5, 5.41) is 8.04. The van der Waals surface area contributed by atoms with E-state index in [-0.39, 0.29) is 11.8 Å². The van der Waals surface area contributed by atoms with E-state index >= 15 is 0 Å². The second-order valence-corrected chi connectivity index (χ2v) is 7.58. The van der Waals surface area contributed by atoms with Gasteiger partial charge in [0.15, 0.2) is 6.61 Å². The minimum absolute atomic E-state index is 0.219. The quantitative estimate of drug-likeness (QED) is 0.569. The van der Waals surface area contributed by atoms with Crippen molar-refractivity contribution in [1.82, 2.24) is 5.32 Å². The highest BCUT2D eigenvalue weighted by atomic mass is 16.5. The predicted octanol–water partition coefficient (Wildman–Crippen LogP) is 4.14. The maximum absolute atomic E-state index is 12.5. The summed E-state index contributed by atoms with van der Waals surface area (Å²) in [6.07, 6.45) is 0. The Balaban J connectivity index is 1.90. The minimum atomic E-state index is -0.885. The molecule has 0 saturated carbocycles. The fourth-order valence-corrected chi connectivity index (χ4v) is 2.85. The van der Waals surface area contributed by atoms with Crippen LogP contribution in [0.5, 0.6) is 0 Å². The van der Waals surface area contributed by atoms with E-state index in [0.29, 0.717) is 11.4 Å². The average molecular weight is 412 g/mol. The summed E-state index contributed by atoms with van der Waals surface area (Å²) in [5.41, 5.74) is 2.29. The highest BCUT2D eigenvalue weighted by Gasteiger charge is 2.26. The van der Waals surface area contributed by atoms with Crippen LogP contribution in [0.15, 0.2) is 54.6 Å². The van der Waals surface area contributed by atoms with Gasteiger partial charge in [0.2, 0.25) is 0 Å². The van der Waals surface area contributed by atoms with E-state index in [2.05, 4.69) is 16.0 Å². The van der Waals surface area contributed by atoms with Gasteiger partial charge >= 0.3 is 12.0 Å². The Morgan fingerprint density at radius 1 is 0.867 bits per heavy atom. The summed E-state index contributed by atoms with van der Waals surface area (Å²) < 4.78 is 5.16. The van der Waals surface area contributed by atoms with Gasteiger partial charge in [0.25, 0.3) is 5.91 Å². The van der Waals surface area contributed by atoms with Crippen molar-refractivity contribution < 1.29 is 19.1 Å². The van der Waals surface area contributed by atoms with E-state index in [1.165, 1.54) is 0 Å². The van der Waals surface area contributed by atoms with E-state index in [0.717, 1.165) is 5.56 Å². The largest absolute Gasteiger partial charge is 0.454 e. The molecule has 7 heteroatoms. The maximum Gasteiger partial charge on any atom is 0.329 e. The molecule has 0 radical (unpaired) electrons. The first-order valence-electron chi connectivity index (χ1n) is 9.96. The standard InChI is InChI=1S/C23H29N3O4/c1-15(2)18-12-8-9-13-19(18)25-20(27)14-30-22(28)21(16(3)4)26-23(29)24-17-10-6-5-7-11-17/h5-13,15-16,21H,14H2,1-4H3,(H,25,27)(H2,24,26,29)/t21-/m0/s1. The van der Waals surface area contributed by atoms with Gasteiger partial charge in [-0.3, -0.25) is 4.79 Å². The summed E-state index contributed by atoms with van der Waals surface area (Å²) >= 11 is 0. The van der Waals surface area contributed by atoms with Crippen LogP contribution >= 0.6 is 0 Å². The number of anilines is 2. The van der Waals surface area contributed by atoms with Crippen molar-refractivity contribution in [3.05, 3.63) is 60.2 Å². The third kappa shape index (κ3) is 6.92. The number of rotatable bonds is 8. The monoisotopic (exact) mass is 411 g/mol. The Labute approximate surface area is 177 Å². The third-order valence-electron chi connectivity index (χ3n) is 4.44. The molecule has 3 amide bonds. The van der Waals surface area contributed by atoms with Crippen molar-refractivity contribution in [2.75, 3.05) is 17.2 Å². The molecule has 0 heterocycles. The number of ether oxygens (including phenoxy) is 1. The number of carbonyl (C=O) groups is 3. The van der Waals surface area contributed by atoms with Gasteiger partial charge in [-0.15, -0.1) is 0 Å². The SMILES string of the molecule is CC(C)c1ccccc1NC(=O)COC(=O)[C@@H](NC(=O)Nc1ccccc1)C(C)C. The lowest BCUT2D eigenvalue weighted by Gasteiger charge is -2.21. The molecule has 30 heavy (non-hydrogen) atoms. The summed E-state index contributed by atoms with van der Waals surface area (Å²) in [5.74, 6) is -1.08. The number of benzene rings is 2. The van der Waals surface area contributed by atoms with Gasteiger partial charge in [0.1, 0.15) is 6.04 Å². The molecular weight excluding hydrogens is 382 g/mol. The highest BCUT2D eigenvalue weighted by molar-refractivity contribution is 5.95. The second kappa shape index (κ2) is 11.0. The molecule has 3 N–H and O–H groups in total. The summed E-state index contributed by atoms with van der Waals surface area (Å²) in [7, 11) is 0. The molecular formula is C23H29N3O4. The van der Waals surface area contributed by atoms with Crippen LogP contribution in [0.25, 0.3) is 0 Å². The molecule has 0 spiro atoms.